The number of carbonyl (C=O) groups excluding carboxylic acids is 2. The van der Waals surface area contributed by atoms with Crippen molar-refractivity contribution in [2.45, 2.75) is 96.8 Å². The van der Waals surface area contributed by atoms with E-state index in [4.69, 9.17) is 0 Å². The summed E-state index contributed by atoms with van der Waals surface area (Å²) in [5, 5.41) is 10.4. The van der Waals surface area contributed by atoms with E-state index in [-0.39, 0.29) is 11.3 Å². The van der Waals surface area contributed by atoms with E-state index in [2.05, 4.69) is 19.1 Å². The zero-order chi connectivity index (χ0) is 21.6. The summed E-state index contributed by atoms with van der Waals surface area (Å²) in [6.07, 6.45) is 20.9. The van der Waals surface area contributed by atoms with Gasteiger partial charge in [0.15, 0.2) is 0 Å². The second-order valence-corrected chi connectivity index (χ2v) is 8.37. The van der Waals surface area contributed by atoms with Gasteiger partial charge in [0, 0.05) is 16.7 Å². The van der Waals surface area contributed by atoms with Gasteiger partial charge in [-0.2, -0.15) is 0 Å². The van der Waals surface area contributed by atoms with E-state index in [1.54, 1.807) is 24.3 Å². The first kappa shape index (κ1) is 24.1. The van der Waals surface area contributed by atoms with E-state index in [1.807, 2.05) is 0 Å². The van der Waals surface area contributed by atoms with Crippen molar-refractivity contribution in [1.29, 1.82) is 0 Å². The molecule has 0 radical (unpaired) electrons. The molecule has 1 aliphatic carbocycles. The first-order chi connectivity index (χ1) is 14.7. The monoisotopic (exact) mass is 410 g/mol. The molecule has 0 heterocycles. The Morgan fingerprint density at radius 3 is 1.87 bits per heavy atom. The van der Waals surface area contributed by atoms with E-state index in [1.165, 1.54) is 57.8 Å². The van der Waals surface area contributed by atoms with Gasteiger partial charge in [-0.05, 0) is 38.5 Å². The zero-order valence-electron chi connectivity index (χ0n) is 18.6. The first-order valence-corrected chi connectivity index (χ1v) is 11.9. The minimum atomic E-state index is -0.540. The van der Waals surface area contributed by atoms with Crippen LogP contribution in [-0.2, 0) is 4.79 Å². The Morgan fingerprint density at radius 2 is 1.23 bits per heavy atom. The first-order valence-electron chi connectivity index (χ1n) is 11.9. The van der Waals surface area contributed by atoms with Gasteiger partial charge in [0.2, 0.25) is 11.6 Å². The van der Waals surface area contributed by atoms with Crippen molar-refractivity contribution in [3.8, 4) is 0 Å². The SMILES string of the molecule is CCCCCCCC/C=C/CCCCCCCC1=C(O)c2ccccc2C(=O)C1=O. The minimum absolute atomic E-state index is 0.00861. The molecular formula is C27H38O3. The Balaban J connectivity index is 1.55. The smallest absolute Gasteiger partial charge is 0.234 e. The highest BCUT2D eigenvalue weighted by Gasteiger charge is 2.31. The molecule has 1 aromatic carbocycles. The van der Waals surface area contributed by atoms with Crippen LogP contribution in [-0.4, -0.2) is 16.7 Å². The van der Waals surface area contributed by atoms with Gasteiger partial charge in [-0.25, -0.2) is 0 Å². The molecule has 30 heavy (non-hydrogen) atoms. The van der Waals surface area contributed by atoms with Crippen molar-refractivity contribution in [3.63, 3.8) is 0 Å². The highest BCUT2D eigenvalue weighted by Crippen LogP contribution is 2.30. The second-order valence-electron chi connectivity index (χ2n) is 8.37. The van der Waals surface area contributed by atoms with Crippen molar-refractivity contribution in [3.05, 3.63) is 53.1 Å². The Bertz CT molecular complexity index is 742. The van der Waals surface area contributed by atoms with Gasteiger partial charge in [0.25, 0.3) is 0 Å². The van der Waals surface area contributed by atoms with Gasteiger partial charge in [-0.3, -0.25) is 9.59 Å². The molecule has 0 fully saturated rings. The van der Waals surface area contributed by atoms with Crippen LogP contribution in [0.4, 0.5) is 0 Å². The lowest BCUT2D eigenvalue weighted by atomic mass is 9.86. The Morgan fingerprint density at radius 1 is 0.700 bits per heavy atom. The fourth-order valence-corrected chi connectivity index (χ4v) is 4.02. The van der Waals surface area contributed by atoms with E-state index >= 15 is 0 Å². The molecule has 2 rings (SSSR count). The number of ketones is 2. The number of carbonyl (C=O) groups is 2. The lowest BCUT2D eigenvalue weighted by Gasteiger charge is -2.17. The quantitative estimate of drug-likeness (QED) is 0.183. The number of unbranched alkanes of at least 4 members (excludes halogenated alkanes) is 11. The molecular weight excluding hydrogens is 372 g/mol. The molecule has 0 aromatic heterocycles. The predicted octanol–water partition coefficient (Wildman–Crippen LogP) is 7.76. The molecule has 0 atom stereocenters. The third kappa shape index (κ3) is 7.59. The molecule has 3 nitrogen and oxygen atoms in total. The van der Waals surface area contributed by atoms with Crippen LogP contribution in [0.2, 0.25) is 0 Å². The Labute approximate surface area is 182 Å². The minimum Gasteiger partial charge on any atom is -0.507 e. The fraction of sp³-hybridized carbons (Fsp3) is 0.556. The van der Waals surface area contributed by atoms with E-state index in [9.17, 15) is 14.7 Å². The summed E-state index contributed by atoms with van der Waals surface area (Å²) >= 11 is 0. The van der Waals surface area contributed by atoms with Gasteiger partial charge < -0.3 is 5.11 Å². The number of Topliss-reactive ketones (excluding diaryl/α,β-unsaturated/α-hetero) is 2. The van der Waals surface area contributed by atoms with Crippen LogP contribution >= 0.6 is 0 Å². The molecule has 164 valence electrons. The Kier molecular flexibility index (Phi) is 11.2. The van der Waals surface area contributed by atoms with Gasteiger partial charge in [0.05, 0.1) is 0 Å². The molecule has 1 aromatic rings. The van der Waals surface area contributed by atoms with Crippen LogP contribution in [0.15, 0.2) is 42.0 Å². The summed E-state index contributed by atoms with van der Waals surface area (Å²) < 4.78 is 0. The Hall–Kier alpha value is -2.16. The second kappa shape index (κ2) is 14.0. The number of allylic oxidation sites excluding steroid dienone is 3. The largest absolute Gasteiger partial charge is 0.507 e. The number of hydrogen-bond acceptors (Lipinski definition) is 3. The average molecular weight is 411 g/mol. The van der Waals surface area contributed by atoms with Gasteiger partial charge >= 0.3 is 0 Å². The van der Waals surface area contributed by atoms with Crippen LogP contribution in [0.1, 0.15) is 113 Å². The zero-order valence-corrected chi connectivity index (χ0v) is 18.6. The van der Waals surface area contributed by atoms with Crippen molar-refractivity contribution in [2.75, 3.05) is 0 Å². The van der Waals surface area contributed by atoms with E-state index in [0.29, 0.717) is 17.5 Å². The summed E-state index contributed by atoms with van der Waals surface area (Å²) in [4.78, 5) is 24.5. The summed E-state index contributed by atoms with van der Waals surface area (Å²) in [5.41, 5.74) is 1.09. The number of hydrogen-bond donors (Lipinski definition) is 1. The standard InChI is InChI=1S/C27H38O3/c1-2-3-4-5-6-7-8-9-10-11-12-13-14-15-16-21-24-25(28)22-19-17-18-20-23(22)26(29)27(24)30/h9-10,17-20,28H,2-8,11-16,21H2,1H3/b10-9+. The molecule has 0 amide bonds. The van der Waals surface area contributed by atoms with Crippen molar-refractivity contribution >= 4 is 17.3 Å². The molecule has 1 N–H and O–H groups in total. The maximum absolute atomic E-state index is 12.3. The van der Waals surface area contributed by atoms with Crippen LogP contribution in [0, 0.1) is 0 Å². The molecule has 3 heteroatoms. The van der Waals surface area contributed by atoms with E-state index in [0.717, 1.165) is 25.7 Å². The average Bonchev–Trinajstić information content (AvgIpc) is 2.77. The number of benzene rings is 1. The summed E-state index contributed by atoms with van der Waals surface area (Å²) in [5.74, 6) is -1.04. The molecule has 0 saturated carbocycles. The predicted molar refractivity (Wildman–Crippen MR) is 125 cm³/mol. The van der Waals surface area contributed by atoms with Gasteiger partial charge in [-0.15, -0.1) is 0 Å². The van der Waals surface area contributed by atoms with Gasteiger partial charge in [0.1, 0.15) is 5.76 Å². The summed E-state index contributed by atoms with van der Waals surface area (Å²) in [6, 6.07) is 6.80. The molecule has 0 spiro atoms. The third-order valence-electron chi connectivity index (χ3n) is 5.88. The third-order valence-corrected chi connectivity index (χ3v) is 5.88. The highest BCUT2D eigenvalue weighted by atomic mass is 16.3. The number of aliphatic hydroxyl groups excluding tert-OH is 1. The van der Waals surface area contributed by atoms with Crippen molar-refractivity contribution in [1.82, 2.24) is 0 Å². The fourth-order valence-electron chi connectivity index (χ4n) is 4.02. The molecule has 1 aliphatic rings. The lowest BCUT2D eigenvalue weighted by molar-refractivity contribution is -0.112. The van der Waals surface area contributed by atoms with Crippen LogP contribution < -0.4 is 0 Å². The normalized spacial score (nSPS) is 14.0. The summed E-state index contributed by atoms with van der Waals surface area (Å²) in [6.45, 7) is 2.25. The van der Waals surface area contributed by atoms with E-state index < -0.39 is 11.6 Å². The number of aliphatic hydroxyl groups is 1. The highest BCUT2D eigenvalue weighted by molar-refractivity contribution is 6.52. The van der Waals surface area contributed by atoms with Crippen molar-refractivity contribution in [2.24, 2.45) is 0 Å². The van der Waals surface area contributed by atoms with Crippen molar-refractivity contribution < 1.29 is 14.7 Å². The van der Waals surface area contributed by atoms with Crippen LogP contribution in [0.3, 0.4) is 0 Å². The van der Waals surface area contributed by atoms with Crippen LogP contribution in [0.25, 0.3) is 5.76 Å². The number of rotatable bonds is 15. The lowest BCUT2D eigenvalue weighted by Crippen LogP contribution is -2.24. The van der Waals surface area contributed by atoms with Crippen LogP contribution in [0.5, 0.6) is 0 Å². The number of fused-ring (bicyclic) bond motifs is 1. The maximum atomic E-state index is 12.3. The molecule has 0 unspecified atom stereocenters. The molecule has 0 bridgehead atoms. The molecule has 0 aliphatic heterocycles. The topological polar surface area (TPSA) is 54.4 Å². The summed E-state index contributed by atoms with van der Waals surface area (Å²) in [7, 11) is 0. The van der Waals surface area contributed by atoms with Gasteiger partial charge in [-0.1, -0.05) is 94.7 Å². The maximum Gasteiger partial charge on any atom is 0.234 e. The molecule has 0 saturated heterocycles.